The third-order valence-corrected chi connectivity index (χ3v) is 7.19. The van der Waals surface area contributed by atoms with Gasteiger partial charge in [-0.1, -0.05) is 11.6 Å². The Morgan fingerprint density at radius 1 is 1.21 bits per heavy atom. The minimum atomic E-state index is -0.864. The number of halogens is 2. The number of rotatable bonds is 5. The zero-order valence-electron chi connectivity index (χ0n) is 17.8. The van der Waals surface area contributed by atoms with Crippen LogP contribution in [0.1, 0.15) is 25.7 Å². The van der Waals surface area contributed by atoms with Gasteiger partial charge in [0.1, 0.15) is 16.4 Å². The fourth-order valence-corrected chi connectivity index (χ4v) is 5.59. The zero-order valence-corrected chi connectivity index (χ0v) is 18.6. The van der Waals surface area contributed by atoms with E-state index in [0.29, 0.717) is 16.7 Å². The highest BCUT2D eigenvalue weighted by Gasteiger charge is 2.47. The number of aliphatic carboxylic acids is 1. The highest BCUT2D eigenvalue weighted by molar-refractivity contribution is 6.29. The summed E-state index contributed by atoms with van der Waals surface area (Å²) in [6.45, 7) is 0. The van der Waals surface area contributed by atoms with Crippen LogP contribution in [0.25, 0.3) is 34.0 Å². The van der Waals surface area contributed by atoms with Crippen LogP contribution in [0.4, 0.5) is 10.2 Å². The van der Waals surface area contributed by atoms with Crippen molar-refractivity contribution in [2.75, 3.05) is 5.32 Å². The first-order valence-corrected chi connectivity index (χ1v) is 11.5. The van der Waals surface area contributed by atoms with E-state index in [4.69, 9.17) is 16.0 Å². The van der Waals surface area contributed by atoms with Crippen molar-refractivity contribution in [1.82, 2.24) is 24.9 Å². The standard InChI is InChI=1S/C23H20ClFN6O3/c24-14-9-26-18-12(8-27-22(18)28-14)20-30-19(13-2-1-7-34-13)16(25)21(31-20)29-17-11-5-3-10(4-6-11)15(17)23(32)33/h1-2,7-11,15,17H,3-6H2,(H,27,28)(H,32,33)(H,29,30,31)/t10?,11?,15-,17-/m0/s1. The second-order valence-electron chi connectivity index (χ2n) is 8.84. The molecule has 0 aromatic carbocycles. The van der Waals surface area contributed by atoms with Gasteiger partial charge in [0.05, 0.1) is 23.9 Å². The topological polar surface area (TPSA) is 130 Å². The van der Waals surface area contributed by atoms with Crippen LogP contribution in [0.2, 0.25) is 5.15 Å². The van der Waals surface area contributed by atoms with Gasteiger partial charge in [0.2, 0.25) is 0 Å². The minimum Gasteiger partial charge on any atom is -0.481 e. The van der Waals surface area contributed by atoms with Crippen molar-refractivity contribution in [2.45, 2.75) is 31.7 Å². The number of furan rings is 1. The Bertz CT molecular complexity index is 1380. The van der Waals surface area contributed by atoms with Crippen LogP contribution in [0, 0.1) is 23.6 Å². The van der Waals surface area contributed by atoms with Gasteiger partial charge in [-0.05, 0) is 49.7 Å². The van der Waals surface area contributed by atoms with Gasteiger partial charge in [-0.25, -0.2) is 24.3 Å². The minimum absolute atomic E-state index is 0.0263. The van der Waals surface area contributed by atoms with E-state index >= 15 is 4.39 Å². The molecule has 174 valence electrons. The molecule has 0 radical (unpaired) electrons. The molecule has 11 heteroatoms. The highest BCUT2D eigenvalue weighted by Crippen LogP contribution is 2.46. The average molecular weight is 483 g/mol. The first-order valence-electron chi connectivity index (χ1n) is 11.1. The quantitative estimate of drug-likeness (QED) is 0.371. The molecular weight excluding hydrogens is 463 g/mol. The number of anilines is 1. The van der Waals surface area contributed by atoms with Crippen molar-refractivity contribution in [3.05, 3.63) is 41.8 Å². The van der Waals surface area contributed by atoms with Gasteiger partial charge >= 0.3 is 5.97 Å². The lowest BCUT2D eigenvalue weighted by atomic mass is 9.61. The first-order chi connectivity index (χ1) is 16.5. The number of carboxylic acids is 1. The van der Waals surface area contributed by atoms with E-state index < -0.39 is 23.7 Å². The molecule has 0 spiro atoms. The van der Waals surface area contributed by atoms with E-state index in [-0.39, 0.29) is 40.1 Å². The van der Waals surface area contributed by atoms with E-state index in [1.54, 1.807) is 18.3 Å². The number of carbonyl (C=O) groups is 1. The summed E-state index contributed by atoms with van der Waals surface area (Å²) in [5.74, 6) is -1.58. The molecule has 0 unspecified atom stereocenters. The van der Waals surface area contributed by atoms with E-state index in [9.17, 15) is 9.90 Å². The molecule has 0 saturated heterocycles. The second-order valence-corrected chi connectivity index (χ2v) is 9.22. The van der Waals surface area contributed by atoms with E-state index in [0.717, 1.165) is 25.7 Å². The number of nitrogens with zero attached hydrogens (tertiary/aromatic N) is 4. The molecule has 3 N–H and O–H groups in total. The van der Waals surface area contributed by atoms with Gasteiger partial charge in [-0.3, -0.25) is 4.79 Å². The Morgan fingerprint density at radius 2 is 2.00 bits per heavy atom. The number of aromatic nitrogens is 5. The molecule has 0 aliphatic heterocycles. The van der Waals surface area contributed by atoms with E-state index in [2.05, 4.69) is 30.2 Å². The number of H-pyrrole nitrogens is 1. The van der Waals surface area contributed by atoms with Gasteiger partial charge in [0.25, 0.3) is 0 Å². The van der Waals surface area contributed by atoms with E-state index in [1.165, 1.54) is 12.5 Å². The lowest BCUT2D eigenvalue weighted by molar-refractivity contribution is -0.148. The van der Waals surface area contributed by atoms with Crippen LogP contribution >= 0.6 is 11.6 Å². The van der Waals surface area contributed by atoms with Gasteiger partial charge in [0, 0.05) is 12.2 Å². The summed E-state index contributed by atoms with van der Waals surface area (Å²) in [6.07, 6.45) is 8.06. The smallest absolute Gasteiger partial charge is 0.308 e. The molecule has 3 fully saturated rings. The van der Waals surface area contributed by atoms with Gasteiger partial charge in [-0.2, -0.15) is 0 Å². The van der Waals surface area contributed by atoms with Gasteiger partial charge < -0.3 is 19.8 Å². The summed E-state index contributed by atoms with van der Waals surface area (Å²) in [6, 6.07) is 2.83. The summed E-state index contributed by atoms with van der Waals surface area (Å²) >= 11 is 5.95. The van der Waals surface area contributed by atoms with E-state index in [1.807, 2.05) is 0 Å². The number of hydrogen-bond donors (Lipinski definition) is 3. The van der Waals surface area contributed by atoms with Crippen molar-refractivity contribution in [2.24, 2.45) is 17.8 Å². The number of aromatic amines is 1. The fourth-order valence-electron chi connectivity index (χ4n) is 5.45. The van der Waals surface area contributed by atoms with Crippen LogP contribution < -0.4 is 5.32 Å². The summed E-state index contributed by atoms with van der Waals surface area (Å²) < 4.78 is 21.1. The summed E-state index contributed by atoms with van der Waals surface area (Å²) in [5.41, 5.74) is 1.41. The third-order valence-electron chi connectivity index (χ3n) is 7.01. The Hall–Kier alpha value is -3.53. The van der Waals surface area contributed by atoms with Crippen molar-refractivity contribution < 1.29 is 18.7 Å². The van der Waals surface area contributed by atoms with Crippen LogP contribution in [0.5, 0.6) is 0 Å². The van der Waals surface area contributed by atoms with Crippen LogP contribution in [-0.2, 0) is 4.79 Å². The van der Waals surface area contributed by atoms with Gasteiger partial charge in [-0.15, -0.1) is 0 Å². The van der Waals surface area contributed by atoms with Crippen molar-refractivity contribution in [1.29, 1.82) is 0 Å². The van der Waals surface area contributed by atoms with Gasteiger partial charge in [0.15, 0.2) is 28.9 Å². The first kappa shape index (κ1) is 21.0. The molecule has 2 bridgehead atoms. The number of carboxylic acid groups (broad SMARTS) is 1. The lowest BCUT2D eigenvalue weighted by Crippen LogP contribution is -2.51. The molecular formula is C23H20ClFN6O3. The molecule has 7 rings (SSSR count). The summed E-state index contributed by atoms with van der Waals surface area (Å²) in [4.78, 5) is 32.5. The van der Waals surface area contributed by atoms with Crippen LogP contribution in [-0.4, -0.2) is 42.0 Å². The largest absolute Gasteiger partial charge is 0.481 e. The maximum absolute atomic E-state index is 15.7. The SMILES string of the molecule is O=C(O)[C@H]1C2CCC(CC2)[C@@H]1Nc1nc(-c2c[nH]c3nc(Cl)cnc23)nc(-c2ccco2)c1F. The highest BCUT2D eigenvalue weighted by atomic mass is 35.5. The average Bonchev–Trinajstić information content (AvgIpc) is 3.51. The monoisotopic (exact) mass is 482 g/mol. The van der Waals surface area contributed by atoms with Crippen molar-refractivity contribution in [3.63, 3.8) is 0 Å². The molecule has 4 aromatic rings. The molecule has 4 aromatic heterocycles. The van der Waals surface area contributed by atoms with Crippen molar-refractivity contribution >= 4 is 34.6 Å². The summed E-state index contributed by atoms with van der Waals surface area (Å²) in [5, 5.41) is 13.3. The Morgan fingerprint density at radius 3 is 2.74 bits per heavy atom. The van der Waals surface area contributed by atoms with Crippen LogP contribution in [0.15, 0.2) is 35.2 Å². The number of fused-ring (bicyclic) bond motifs is 4. The zero-order chi connectivity index (χ0) is 23.4. The van der Waals surface area contributed by atoms with Crippen molar-refractivity contribution in [3.8, 4) is 22.8 Å². The predicted molar refractivity (Wildman–Crippen MR) is 122 cm³/mol. The number of nitrogens with one attached hydrogen (secondary N) is 2. The molecule has 34 heavy (non-hydrogen) atoms. The number of hydrogen-bond acceptors (Lipinski definition) is 7. The Kier molecular flexibility index (Phi) is 4.98. The Balaban J connectivity index is 1.48. The maximum Gasteiger partial charge on any atom is 0.308 e. The Labute approximate surface area is 197 Å². The molecule has 3 aliphatic rings. The normalized spacial score (nSPS) is 23.9. The molecule has 0 amide bonds. The second kappa shape index (κ2) is 8.05. The predicted octanol–water partition coefficient (Wildman–Crippen LogP) is 4.77. The third kappa shape index (κ3) is 3.40. The molecule has 2 atom stereocenters. The molecule has 3 aliphatic carbocycles. The lowest BCUT2D eigenvalue weighted by Gasteiger charge is -2.47. The molecule has 4 heterocycles. The fraction of sp³-hybridized carbons (Fsp3) is 0.348. The maximum atomic E-state index is 15.7. The van der Waals surface area contributed by atoms with Crippen LogP contribution in [0.3, 0.4) is 0 Å². The molecule has 9 nitrogen and oxygen atoms in total. The summed E-state index contributed by atoms with van der Waals surface area (Å²) in [7, 11) is 0. The molecule has 3 saturated carbocycles.